The largest absolute Gasteiger partial charge is 0.338 e. The van der Waals surface area contributed by atoms with Gasteiger partial charge in [-0.05, 0) is 32.6 Å². The van der Waals surface area contributed by atoms with Gasteiger partial charge in [0.1, 0.15) is 0 Å². The van der Waals surface area contributed by atoms with Gasteiger partial charge in [-0.2, -0.15) is 0 Å². The van der Waals surface area contributed by atoms with Crippen LogP contribution in [-0.4, -0.2) is 30.6 Å². The van der Waals surface area contributed by atoms with E-state index in [1.54, 1.807) is 6.92 Å². The van der Waals surface area contributed by atoms with E-state index in [4.69, 9.17) is 0 Å². The van der Waals surface area contributed by atoms with E-state index < -0.39 is 6.03 Å². The van der Waals surface area contributed by atoms with Gasteiger partial charge in [-0.1, -0.05) is 19.8 Å². The average molecular weight is 255 g/mol. The molecule has 0 aromatic heterocycles. The zero-order valence-corrected chi connectivity index (χ0v) is 11.6. The molecule has 3 N–H and O–H groups in total. The summed E-state index contributed by atoms with van der Waals surface area (Å²) in [6.07, 6.45) is 4.81. The van der Waals surface area contributed by atoms with E-state index in [9.17, 15) is 9.59 Å². The third-order valence-electron chi connectivity index (χ3n) is 3.54. The van der Waals surface area contributed by atoms with Crippen molar-refractivity contribution in [2.45, 2.75) is 58.5 Å². The van der Waals surface area contributed by atoms with Gasteiger partial charge in [-0.15, -0.1) is 0 Å². The average Bonchev–Trinajstić information content (AvgIpc) is 2.32. The Bertz CT molecular complexity index is 294. The first-order valence-electron chi connectivity index (χ1n) is 6.89. The topological polar surface area (TPSA) is 70.2 Å². The Morgan fingerprint density at radius 1 is 1.28 bits per heavy atom. The van der Waals surface area contributed by atoms with Crippen LogP contribution >= 0.6 is 0 Å². The molecule has 104 valence electrons. The summed E-state index contributed by atoms with van der Waals surface area (Å²) < 4.78 is 0. The summed E-state index contributed by atoms with van der Waals surface area (Å²) in [7, 11) is 0. The number of nitrogens with one attached hydrogen (secondary N) is 3. The predicted molar refractivity (Wildman–Crippen MR) is 71.2 cm³/mol. The lowest BCUT2D eigenvalue weighted by molar-refractivity contribution is -0.122. The minimum absolute atomic E-state index is 0.265. The van der Waals surface area contributed by atoms with Crippen molar-refractivity contribution < 1.29 is 9.59 Å². The maximum Gasteiger partial charge on any atom is 0.321 e. The summed E-state index contributed by atoms with van der Waals surface area (Å²) in [5.74, 6) is 0.331. The van der Waals surface area contributed by atoms with Crippen LogP contribution < -0.4 is 16.0 Å². The summed E-state index contributed by atoms with van der Waals surface area (Å²) in [6, 6.07) is -0.375. The number of urea groups is 1. The molecule has 3 unspecified atom stereocenters. The summed E-state index contributed by atoms with van der Waals surface area (Å²) >= 11 is 0. The molecule has 0 spiro atoms. The van der Waals surface area contributed by atoms with E-state index in [1.165, 1.54) is 19.3 Å². The van der Waals surface area contributed by atoms with Gasteiger partial charge in [0.15, 0.2) is 0 Å². The van der Waals surface area contributed by atoms with Gasteiger partial charge in [0.2, 0.25) is 5.91 Å². The molecular weight excluding hydrogens is 230 g/mol. The normalized spacial score (nSPS) is 25.3. The van der Waals surface area contributed by atoms with Gasteiger partial charge in [0.25, 0.3) is 0 Å². The maximum atomic E-state index is 11.8. The van der Waals surface area contributed by atoms with Crippen LogP contribution in [0.4, 0.5) is 4.79 Å². The molecule has 1 fully saturated rings. The molecule has 0 bridgehead atoms. The third kappa shape index (κ3) is 4.64. The van der Waals surface area contributed by atoms with E-state index >= 15 is 0 Å². The minimum atomic E-state index is -0.423. The Morgan fingerprint density at radius 3 is 2.56 bits per heavy atom. The Hall–Kier alpha value is -1.10. The Morgan fingerprint density at radius 2 is 1.94 bits per heavy atom. The first kappa shape index (κ1) is 15.0. The fourth-order valence-corrected chi connectivity index (χ4v) is 2.39. The van der Waals surface area contributed by atoms with E-state index in [1.807, 2.05) is 6.92 Å². The van der Waals surface area contributed by atoms with Crippen LogP contribution in [0.3, 0.4) is 0 Å². The number of hydrogen-bond donors (Lipinski definition) is 3. The maximum absolute atomic E-state index is 11.8. The monoisotopic (exact) mass is 255 g/mol. The molecule has 0 radical (unpaired) electrons. The molecule has 0 aromatic carbocycles. The number of carbonyl (C=O) groups excluding carboxylic acids is 2. The molecule has 1 aliphatic rings. The van der Waals surface area contributed by atoms with Crippen LogP contribution in [0, 0.1) is 5.92 Å². The quantitative estimate of drug-likeness (QED) is 0.711. The SMILES string of the molecule is CCNC(=O)NC(=O)C(C)NC1CCCCC1C. The van der Waals surface area contributed by atoms with E-state index in [-0.39, 0.29) is 11.9 Å². The molecule has 0 aliphatic heterocycles. The number of hydrogen-bond acceptors (Lipinski definition) is 3. The first-order valence-corrected chi connectivity index (χ1v) is 6.89. The van der Waals surface area contributed by atoms with Crippen molar-refractivity contribution >= 4 is 11.9 Å². The Balaban J connectivity index is 2.36. The van der Waals surface area contributed by atoms with E-state index in [0.717, 1.165) is 6.42 Å². The smallest absolute Gasteiger partial charge is 0.321 e. The molecule has 5 heteroatoms. The van der Waals surface area contributed by atoms with Crippen LogP contribution in [0.2, 0.25) is 0 Å². The van der Waals surface area contributed by atoms with E-state index in [2.05, 4.69) is 22.9 Å². The lowest BCUT2D eigenvalue weighted by atomic mass is 9.85. The molecule has 5 nitrogen and oxygen atoms in total. The fourth-order valence-electron chi connectivity index (χ4n) is 2.39. The highest BCUT2D eigenvalue weighted by atomic mass is 16.2. The Labute approximate surface area is 109 Å². The van der Waals surface area contributed by atoms with Gasteiger partial charge in [-0.25, -0.2) is 4.79 Å². The molecule has 1 aliphatic carbocycles. The predicted octanol–water partition coefficient (Wildman–Crippen LogP) is 1.39. The minimum Gasteiger partial charge on any atom is -0.338 e. The third-order valence-corrected chi connectivity index (χ3v) is 3.54. The zero-order valence-electron chi connectivity index (χ0n) is 11.6. The second-order valence-corrected chi connectivity index (χ2v) is 5.11. The number of imide groups is 1. The molecule has 0 heterocycles. The van der Waals surface area contributed by atoms with Crippen molar-refractivity contribution in [3.63, 3.8) is 0 Å². The molecular formula is C13H25N3O2. The fraction of sp³-hybridized carbons (Fsp3) is 0.846. The second kappa shape index (κ2) is 7.36. The van der Waals surface area contributed by atoms with Crippen molar-refractivity contribution in [2.75, 3.05) is 6.54 Å². The standard InChI is InChI=1S/C13H25N3O2/c1-4-14-13(18)16-12(17)10(3)15-11-8-6-5-7-9(11)2/h9-11,15H,4-8H2,1-3H3,(H2,14,16,17,18). The van der Waals surface area contributed by atoms with Crippen molar-refractivity contribution in [1.82, 2.24) is 16.0 Å². The Kier molecular flexibility index (Phi) is 6.12. The number of rotatable bonds is 4. The highest BCUT2D eigenvalue weighted by Gasteiger charge is 2.25. The lowest BCUT2D eigenvalue weighted by Gasteiger charge is -2.31. The van der Waals surface area contributed by atoms with Crippen molar-refractivity contribution in [1.29, 1.82) is 0 Å². The summed E-state index contributed by atoms with van der Waals surface area (Å²) in [5, 5.41) is 8.20. The van der Waals surface area contributed by atoms with Gasteiger partial charge in [0.05, 0.1) is 6.04 Å². The molecule has 0 saturated heterocycles. The second-order valence-electron chi connectivity index (χ2n) is 5.11. The van der Waals surface area contributed by atoms with E-state index in [0.29, 0.717) is 18.5 Å². The van der Waals surface area contributed by atoms with Gasteiger partial charge in [0, 0.05) is 12.6 Å². The van der Waals surface area contributed by atoms with Crippen LogP contribution in [-0.2, 0) is 4.79 Å². The van der Waals surface area contributed by atoms with Gasteiger partial charge in [-0.3, -0.25) is 10.1 Å². The summed E-state index contributed by atoms with van der Waals surface area (Å²) in [6.45, 7) is 6.34. The molecule has 0 aromatic rings. The molecule has 3 atom stereocenters. The van der Waals surface area contributed by atoms with Crippen LogP contribution in [0.15, 0.2) is 0 Å². The van der Waals surface area contributed by atoms with Crippen LogP contribution in [0.1, 0.15) is 46.5 Å². The molecule has 18 heavy (non-hydrogen) atoms. The van der Waals surface area contributed by atoms with Gasteiger partial charge < -0.3 is 10.6 Å². The van der Waals surface area contributed by atoms with Gasteiger partial charge >= 0.3 is 6.03 Å². The number of carbonyl (C=O) groups is 2. The zero-order chi connectivity index (χ0) is 13.5. The van der Waals surface area contributed by atoms with Crippen molar-refractivity contribution in [2.24, 2.45) is 5.92 Å². The lowest BCUT2D eigenvalue weighted by Crippen LogP contribution is -2.52. The highest BCUT2D eigenvalue weighted by molar-refractivity contribution is 5.96. The number of amides is 3. The molecule has 1 rings (SSSR count). The first-order chi connectivity index (χ1) is 8.54. The molecule has 1 saturated carbocycles. The van der Waals surface area contributed by atoms with Crippen molar-refractivity contribution in [3.8, 4) is 0 Å². The molecule has 3 amide bonds. The van der Waals surface area contributed by atoms with Crippen molar-refractivity contribution in [3.05, 3.63) is 0 Å². The summed E-state index contributed by atoms with van der Waals surface area (Å²) in [5.41, 5.74) is 0. The summed E-state index contributed by atoms with van der Waals surface area (Å²) in [4.78, 5) is 23.0. The highest BCUT2D eigenvalue weighted by Crippen LogP contribution is 2.23. The van der Waals surface area contributed by atoms with Crippen LogP contribution in [0.25, 0.3) is 0 Å². The van der Waals surface area contributed by atoms with Crippen LogP contribution in [0.5, 0.6) is 0 Å².